The molecule has 0 bridgehead atoms. The van der Waals surface area contributed by atoms with Crippen LogP contribution in [0.5, 0.6) is 0 Å². The van der Waals surface area contributed by atoms with Crippen molar-refractivity contribution in [3.8, 4) is 0 Å². The first-order chi connectivity index (χ1) is 7.79. The summed E-state index contributed by atoms with van der Waals surface area (Å²) in [6, 6.07) is 4.85. The lowest BCUT2D eigenvalue weighted by Gasteiger charge is -2.39. The predicted molar refractivity (Wildman–Crippen MR) is 66.2 cm³/mol. The lowest BCUT2D eigenvalue weighted by Crippen LogP contribution is -2.51. The largest absolute Gasteiger partial charge is 0.298 e. The summed E-state index contributed by atoms with van der Waals surface area (Å²) >= 11 is 0. The number of nitrogens with zero attached hydrogens (tertiary/aromatic N) is 3. The number of rotatable bonds is 3. The van der Waals surface area contributed by atoms with Crippen LogP contribution < -0.4 is 0 Å². The average Bonchev–Trinajstić information content (AvgIpc) is 2.31. The van der Waals surface area contributed by atoms with Gasteiger partial charge in [0, 0.05) is 44.6 Å². The summed E-state index contributed by atoms with van der Waals surface area (Å²) in [5, 5.41) is 0. The number of hydrogen-bond donors (Lipinski definition) is 0. The number of pyridine rings is 1. The summed E-state index contributed by atoms with van der Waals surface area (Å²) in [5.74, 6) is 0. The Morgan fingerprint density at radius 1 is 1.44 bits per heavy atom. The van der Waals surface area contributed by atoms with Gasteiger partial charge >= 0.3 is 0 Å². The molecule has 0 unspecified atom stereocenters. The smallest absolute Gasteiger partial charge is 0.0312 e. The van der Waals surface area contributed by atoms with Crippen LogP contribution in [0.3, 0.4) is 0 Å². The minimum atomic E-state index is 0.676. The average molecular weight is 219 g/mol. The van der Waals surface area contributed by atoms with Crippen molar-refractivity contribution in [1.82, 2.24) is 14.8 Å². The molecule has 1 aliphatic heterocycles. The molecular weight excluding hydrogens is 198 g/mol. The molecule has 0 aromatic carbocycles. The fraction of sp³-hybridized carbons (Fsp3) is 0.615. The molecule has 0 spiro atoms. The zero-order valence-electron chi connectivity index (χ0n) is 10.3. The Balaban J connectivity index is 1.89. The van der Waals surface area contributed by atoms with E-state index in [1.54, 1.807) is 0 Å². The number of hydrogen-bond acceptors (Lipinski definition) is 3. The number of aromatic nitrogens is 1. The molecule has 1 fully saturated rings. The van der Waals surface area contributed by atoms with Crippen molar-refractivity contribution in [3.05, 3.63) is 30.1 Å². The standard InChI is InChI=1S/C13H21N3/c1-3-16-8-7-15(10-12(16)2)11-13-5-4-6-14-9-13/h4-6,9,12H,3,7-8,10-11H2,1-2H3/t12-/m1/s1. The van der Waals surface area contributed by atoms with Crippen LogP contribution in [0, 0.1) is 0 Å². The van der Waals surface area contributed by atoms with Gasteiger partial charge in [-0.05, 0) is 25.1 Å². The van der Waals surface area contributed by atoms with Crippen molar-refractivity contribution in [2.75, 3.05) is 26.2 Å². The third-order valence-electron chi connectivity index (χ3n) is 3.38. The van der Waals surface area contributed by atoms with E-state index in [9.17, 15) is 0 Å². The lowest BCUT2D eigenvalue weighted by molar-refractivity contribution is 0.0834. The minimum Gasteiger partial charge on any atom is -0.298 e. The van der Waals surface area contributed by atoms with Gasteiger partial charge in [0.15, 0.2) is 0 Å². The highest BCUT2D eigenvalue weighted by Crippen LogP contribution is 2.11. The molecule has 0 N–H and O–H groups in total. The fourth-order valence-electron chi connectivity index (χ4n) is 2.43. The molecule has 1 saturated heterocycles. The molecule has 2 rings (SSSR count). The van der Waals surface area contributed by atoms with Crippen LogP contribution in [-0.2, 0) is 6.54 Å². The summed E-state index contributed by atoms with van der Waals surface area (Å²) in [6.45, 7) is 10.3. The molecule has 88 valence electrons. The van der Waals surface area contributed by atoms with Gasteiger partial charge in [0.05, 0.1) is 0 Å². The van der Waals surface area contributed by atoms with Crippen molar-refractivity contribution < 1.29 is 0 Å². The molecule has 1 aliphatic rings. The van der Waals surface area contributed by atoms with E-state index in [2.05, 4.69) is 34.7 Å². The molecule has 2 heterocycles. The van der Waals surface area contributed by atoms with E-state index < -0.39 is 0 Å². The van der Waals surface area contributed by atoms with Crippen LogP contribution >= 0.6 is 0 Å². The van der Waals surface area contributed by atoms with Gasteiger partial charge in [0.25, 0.3) is 0 Å². The number of likely N-dealkylation sites (N-methyl/N-ethyl adjacent to an activating group) is 1. The normalized spacial score (nSPS) is 23.5. The lowest BCUT2D eigenvalue weighted by atomic mass is 10.1. The van der Waals surface area contributed by atoms with Gasteiger partial charge < -0.3 is 0 Å². The molecule has 0 aliphatic carbocycles. The third-order valence-corrected chi connectivity index (χ3v) is 3.38. The molecule has 0 radical (unpaired) electrons. The van der Waals surface area contributed by atoms with Gasteiger partial charge in [-0.15, -0.1) is 0 Å². The second-order valence-electron chi connectivity index (χ2n) is 4.57. The van der Waals surface area contributed by atoms with Crippen molar-refractivity contribution in [1.29, 1.82) is 0 Å². The van der Waals surface area contributed by atoms with E-state index >= 15 is 0 Å². The van der Waals surface area contributed by atoms with Crippen LogP contribution in [0.25, 0.3) is 0 Å². The maximum atomic E-state index is 4.16. The first-order valence-corrected chi connectivity index (χ1v) is 6.15. The zero-order valence-corrected chi connectivity index (χ0v) is 10.3. The second kappa shape index (κ2) is 5.41. The molecule has 1 aromatic rings. The van der Waals surface area contributed by atoms with E-state index in [-0.39, 0.29) is 0 Å². The van der Waals surface area contributed by atoms with Gasteiger partial charge in [0.2, 0.25) is 0 Å². The Labute approximate surface area is 98.1 Å². The monoisotopic (exact) mass is 219 g/mol. The van der Waals surface area contributed by atoms with Gasteiger partial charge in [0.1, 0.15) is 0 Å². The zero-order chi connectivity index (χ0) is 11.4. The van der Waals surface area contributed by atoms with Gasteiger partial charge in [-0.25, -0.2) is 0 Å². The third kappa shape index (κ3) is 2.80. The molecular formula is C13H21N3. The Morgan fingerprint density at radius 2 is 2.31 bits per heavy atom. The first-order valence-electron chi connectivity index (χ1n) is 6.15. The summed E-state index contributed by atoms with van der Waals surface area (Å²) in [6.07, 6.45) is 3.80. The summed E-state index contributed by atoms with van der Waals surface area (Å²) in [5.41, 5.74) is 1.32. The van der Waals surface area contributed by atoms with Crippen molar-refractivity contribution >= 4 is 0 Å². The SMILES string of the molecule is CCN1CCN(Cc2cccnc2)C[C@H]1C. The Morgan fingerprint density at radius 3 is 2.94 bits per heavy atom. The summed E-state index contributed by atoms with van der Waals surface area (Å²) in [4.78, 5) is 9.23. The van der Waals surface area contributed by atoms with Crippen molar-refractivity contribution in [3.63, 3.8) is 0 Å². The summed E-state index contributed by atoms with van der Waals surface area (Å²) in [7, 11) is 0. The fourth-order valence-corrected chi connectivity index (χ4v) is 2.43. The first kappa shape index (κ1) is 11.6. The van der Waals surface area contributed by atoms with E-state index in [0.717, 1.165) is 6.54 Å². The van der Waals surface area contributed by atoms with E-state index in [1.165, 1.54) is 31.7 Å². The quantitative estimate of drug-likeness (QED) is 0.770. The Kier molecular flexibility index (Phi) is 3.91. The molecule has 3 nitrogen and oxygen atoms in total. The second-order valence-corrected chi connectivity index (χ2v) is 4.57. The molecule has 1 aromatic heterocycles. The number of piperazine rings is 1. The minimum absolute atomic E-state index is 0.676. The maximum Gasteiger partial charge on any atom is 0.0312 e. The van der Waals surface area contributed by atoms with Gasteiger partial charge in [-0.3, -0.25) is 14.8 Å². The molecule has 1 atom stereocenters. The van der Waals surface area contributed by atoms with Gasteiger partial charge in [-0.2, -0.15) is 0 Å². The molecule has 0 saturated carbocycles. The van der Waals surface area contributed by atoms with E-state index in [1.807, 2.05) is 18.5 Å². The molecule has 16 heavy (non-hydrogen) atoms. The maximum absolute atomic E-state index is 4.16. The van der Waals surface area contributed by atoms with Crippen LogP contribution in [0.4, 0.5) is 0 Å². The van der Waals surface area contributed by atoms with Crippen LogP contribution in [0.1, 0.15) is 19.4 Å². The highest BCUT2D eigenvalue weighted by atomic mass is 15.3. The van der Waals surface area contributed by atoms with Crippen molar-refractivity contribution in [2.45, 2.75) is 26.4 Å². The van der Waals surface area contributed by atoms with Crippen molar-refractivity contribution in [2.24, 2.45) is 0 Å². The Bertz CT molecular complexity index is 312. The topological polar surface area (TPSA) is 19.4 Å². The highest BCUT2D eigenvalue weighted by Gasteiger charge is 2.21. The molecule has 0 amide bonds. The Hall–Kier alpha value is -0.930. The highest BCUT2D eigenvalue weighted by molar-refractivity contribution is 5.08. The van der Waals surface area contributed by atoms with Gasteiger partial charge in [-0.1, -0.05) is 13.0 Å². The van der Waals surface area contributed by atoms with E-state index in [4.69, 9.17) is 0 Å². The van der Waals surface area contributed by atoms with Crippen LogP contribution in [-0.4, -0.2) is 47.0 Å². The van der Waals surface area contributed by atoms with Crippen LogP contribution in [0.15, 0.2) is 24.5 Å². The molecule has 3 heteroatoms. The van der Waals surface area contributed by atoms with Crippen LogP contribution in [0.2, 0.25) is 0 Å². The predicted octanol–water partition coefficient (Wildman–Crippen LogP) is 1.61. The van der Waals surface area contributed by atoms with E-state index in [0.29, 0.717) is 6.04 Å². The summed E-state index contributed by atoms with van der Waals surface area (Å²) < 4.78 is 0.